The van der Waals surface area contributed by atoms with Crippen molar-refractivity contribution in [3.8, 4) is 0 Å². The zero-order chi connectivity index (χ0) is 8.23. The van der Waals surface area contributed by atoms with Gasteiger partial charge in [0.25, 0.3) is 0 Å². The third-order valence-electron chi connectivity index (χ3n) is 2.19. The van der Waals surface area contributed by atoms with Gasteiger partial charge in [0.05, 0.1) is 0 Å². The van der Waals surface area contributed by atoms with Crippen LogP contribution in [0.15, 0.2) is 16.8 Å². The third kappa shape index (κ3) is 1.99. The van der Waals surface area contributed by atoms with Gasteiger partial charge in [-0.25, -0.2) is 0 Å². The average molecular weight is 182 g/mol. The molecule has 2 N–H and O–H groups in total. The molecule has 0 radical (unpaired) electrons. The average Bonchev–Trinajstić information content (AvgIpc) is 2.59. The van der Waals surface area contributed by atoms with Crippen molar-refractivity contribution >= 4 is 17.0 Å². The lowest BCUT2D eigenvalue weighted by molar-refractivity contribution is 0.480. The van der Waals surface area contributed by atoms with Crippen LogP contribution >= 0.6 is 11.3 Å². The summed E-state index contributed by atoms with van der Waals surface area (Å²) >= 11 is 1.75. The molecule has 1 aliphatic heterocycles. The molecule has 0 bridgehead atoms. The lowest BCUT2D eigenvalue weighted by atomic mass is 10.1. The van der Waals surface area contributed by atoms with E-state index in [0.717, 1.165) is 6.54 Å². The first-order chi connectivity index (χ1) is 5.95. The predicted molar refractivity (Wildman–Crippen MR) is 53.8 cm³/mol. The van der Waals surface area contributed by atoms with Crippen molar-refractivity contribution in [1.82, 2.24) is 5.32 Å². The highest BCUT2D eigenvalue weighted by molar-refractivity contribution is 7.08. The van der Waals surface area contributed by atoms with Crippen molar-refractivity contribution in [3.63, 3.8) is 0 Å². The Morgan fingerprint density at radius 2 is 2.58 bits per heavy atom. The molecule has 0 saturated carbocycles. The molecule has 66 valence electrons. The van der Waals surface area contributed by atoms with Crippen molar-refractivity contribution in [1.29, 1.82) is 0 Å². The zero-order valence-corrected chi connectivity index (χ0v) is 7.86. The number of piperidine rings is 1. The van der Waals surface area contributed by atoms with Gasteiger partial charge in [0.15, 0.2) is 0 Å². The van der Waals surface area contributed by atoms with Crippen molar-refractivity contribution in [2.75, 3.05) is 18.4 Å². The Balaban J connectivity index is 1.86. The Hall–Kier alpha value is -0.540. The lowest BCUT2D eigenvalue weighted by Crippen LogP contribution is -2.38. The minimum absolute atomic E-state index is 0.633. The molecule has 0 aliphatic carbocycles. The maximum Gasteiger partial charge on any atom is 0.0451 e. The van der Waals surface area contributed by atoms with E-state index in [-0.39, 0.29) is 0 Å². The second kappa shape index (κ2) is 3.92. The normalized spacial score (nSPS) is 23.8. The Morgan fingerprint density at radius 1 is 1.58 bits per heavy atom. The van der Waals surface area contributed by atoms with E-state index in [1.807, 2.05) is 0 Å². The number of nitrogens with one attached hydrogen (secondary N) is 2. The summed E-state index contributed by atoms with van der Waals surface area (Å²) < 4.78 is 0. The van der Waals surface area contributed by atoms with Crippen LogP contribution in [0.1, 0.15) is 12.8 Å². The van der Waals surface area contributed by atoms with Gasteiger partial charge in [0.2, 0.25) is 0 Å². The number of thiophene rings is 1. The smallest absolute Gasteiger partial charge is 0.0451 e. The third-order valence-corrected chi connectivity index (χ3v) is 2.87. The van der Waals surface area contributed by atoms with Gasteiger partial charge >= 0.3 is 0 Å². The Bertz CT molecular complexity index is 214. The highest BCUT2D eigenvalue weighted by atomic mass is 32.1. The van der Waals surface area contributed by atoms with E-state index in [2.05, 4.69) is 27.5 Å². The van der Waals surface area contributed by atoms with Gasteiger partial charge in [0.1, 0.15) is 0 Å². The topological polar surface area (TPSA) is 24.1 Å². The number of rotatable bonds is 2. The zero-order valence-electron chi connectivity index (χ0n) is 7.05. The largest absolute Gasteiger partial charge is 0.380 e. The van der Waals surface area contributed by atoms with Crippen molar-refractivity contribution in [2.45, 2.75) is 18.9 Å². The van der Waals surface area contributed by atoms with Crippen molar-refractivity contribution in [3.05, 3.63) is 16.8 Å². The molecule has 1 atom stereocenters. The fourth-order valence-electron chi connectivity index (χ4n) is 1.56. The highest BCUT2D eigenvalue weighted by Gasteiger charge is 2.11. The van der Waals surface area contributed by atoms with E-state index in [1.54, 1.807) is 11.3 Å². The molecule has 3 heteroatoms. The van der Waals surface area contributed by atoms with Crippen LogP contribution in [0.4, 0.5) is 5.69 Å². The molecule has 1 fully saturated rings. The van der Waals surface area contributed by atoms with E-state index in [1.165, 1.54) is 25.1 Å². The van der Waals surface area contributed by atoms with Crippen LogP contribution in [-0.2, 0) is 0 Å². The molecule has 1 aliphatic rings. The van der Waals surface area contributed by atoms with Crippen LogP contribution in [0.25, 0.3) is 0 Å². The maximum atomic E-state index is 3.51. The minimum Gasteiger partial charge on any atom is -0.380 e. The highest BCUT2D eigenvalue weighted by Crippen LogP contribution is 2.15. The van der Waals surface area contributed by atoms with E-state index in [9.17, 15) is 0 Å². The fourth-order valence-corrected chi connectivity index (χ4v) is 2.15. The first-order valence-corrected chi connectivity index (χ1v) is 5.39. The number of hydrogen-bond acceptors (Lipinski definition) is 3. The molecule has 2 nitrogen and oxygen atoms in total. The van der Waals surface area contributed by atoms with E-state index in [4.69, 9.17) is 0 Å². The van der Waals surface area contributed by atoms with E-state index < -0.39 is 0 Å². The predicted octanol–water partition coefficient (Wildman–Crippen LogP) is 1.91. The first kappa shape index (κ1) is 8.08. The maximum absolute atomic E-state index is 3.51. The summed E-state index contributed by atoms with van der Waals surface area (Å²) in [5.41, 5.74) is 1.27. The van der Waals surface area contributed by atoms with Crippen LogP contribution in [0, 0.1) is 0 Å². The van der Waals surface area contributed by atoms with Gasteiger partial charge in [0, 0.05) is 23.7 Å². The van der Waals surface area contributed by atoms with Gasteiger partial charge in [-0.05, 0) is 30.8 Å². The van der Waals surface area contributed by atoms with Crippen LogP contribution in [-0.4, -0.2) is 19.1 Å². The Kier molecular flexibility index (Phi) is 2.64. The molecule has 12 heavy (non-hydrogen) atoms. The monoisotopic (exact) mass is 182 g/mol. The lowest BCUT2D eigenvalue weighted by Gasteiger charge is -2.24. The standard InChI is InChI=1S/C9H14N2S/c1-2-8(6-10-4-1)11-9-3-5-12-7-9/h3,5,7-8,10-11H,1-2,4,6H2. The molecule has 2 heterocycles. The molecule has 1 aromatic rings. The van der Waals surface area contributed by atoms with Crippen LogP contribution < -0.4 is 10.6 Å². The molecular formula is C9H14N2S. The minimum atomic E-state index is 0.633. The van der Waals surface area contributed by atoms with Gasteiger partial charge < -0.3 is 10.6 Å². The van der Waals surface area contributed by atoms with Gasteiger partial charge in [-0.2, -0.15) is 11.3 Å². The van der Waals surface area contributed by atoms with Gasteiger partial charge in [-0.1, -0.05) is 0 Å². The van der Waals surface area contributed by atoms with E-state index in [0.29, 0.717) is 6.04 Å². The van der Waals surface area contributed by atoms with Crippen LogP contribution in [0.3, 0.4) is 0 Å². The van der Waals surface area contributed by atoms with Crippen LogP contribution in [0.5, 0.6) is 0 Å². The quantitative estimate of drug-likeness (QED) is 0.730. The fraction of sp³-hybridized carbons (Fsp3) is 0.556. The second-order valence-electron chi connectivity index (χ2n) is 3.20. The summed E-state index contributed by atoms with van der Waals surface area (Å²) in [5.74, 6) is 0. The van der Waals surface area contributed by atoms with Crippen molar-refractivity contribution < 1.29 is 0 Å². The molecule has 2 rings (SSSR count). The van der Waals surface area contributed by atoms with Gasteiger partial charge in [-0.3, -0.25) is 0 Å². The van der Waals surface area contributed by atoms with Crippen LogP contribution in [0.2, 0.25) is 0 Å². The second-order valence-corrected chi connectivity index (χ2v) is 3.98. The summed E-state index contributed by atoms with van der Waals surface area (Å²) in [5, 5.41) is 11.2. The first-order valence-electron chi connectivity index (χ1n) is 4.44. The SMILES string of the molecule is c1cc(NC2CCCNC2)cs1. The summed E-state index contributed by atoms with van der Waals surface area (Å²) in [6.07, 6.45) is 2.59. The number of anilines is 1. The summed E-state index contributed by atoms with van der Waals surface area (Å²) in [4.78, 5) is 0. The molecule has 1 aromatic heterocycles. The molecule has 1 unspecified atom stereocenters. The number of hydrogen-bond donors (Lipinski definition) is 2. The molecule has 1 saturated heterocycles. The summed E-state index contributed by atoms with van der Waals surface area (Å²) in [6, 6.07) is 2.77. The molecule has 0 aromatic carbocycles. The molecule has 0 amide bonds. The molecular weight excluding hydrogens is 168 g/mol. The summed E-state index contributed by atoms with van der Waals surface area (Å²) in [6.45, 7) is 2.29. The van der Waals surface area contributed by atoms with Gasteiger partial charge in [-0.15, -0.1) is 0 Å². The Morgan fingerprint density at radius 3 is 3.25 bits per heavy atom. The van der Waals surface area contributed by atoms with E-state index >= 15 is 0 Å². The molecule has 0 spiro atoms. The Labute approximate surface area is 77.0 Å². The summed E-state index contributed by atoms with van der Waals surface area (Å²) in [7, 11) is 0. The van der Waals surface area contributed by atoms with Crippen molar-refractivity contribution in [2.24, 2.45) is 0 Å².